The molecule has 6 aromatic rings. The number of hydrogen-bond donors (Lipinski definition) is 2. The van der Waals surface area contributed by atoms with E-state index in [-0.39, 0.29) is 0 Å². The Balaban J connectivity index is 1.83. The van der Waals surface area contributed by atoms with Crippen LogP contribution >= 0.6 is 0 Å². The zero-order valence-corrected chi connectivity index (χ0v) is 13.6. The lowest BCUT2D eigenvalue weighted by molar-refractivity contribution is 1.12. The summed E-state index contributed by atoms with van der Waals surface area (Å²) in [6.45, 7) is 0. The molecule has 0 saturated heterocycles. The molecule has 126 valence electrons. The molecule has 2 N–H and O–H groups in total. The van der Waals surface area contributed by atoms with Gasteiger partial charge in [-0.05, 0) is 6.08 Å². The Morgan fingerprint density at radius 3 is 1.74 bits per heavy atom. The van der Waals surface area contributed by atoms with Gasteiger partial charge in [0.05, 0.1) is 16.7 Å². The minimum atomic E-state index is 0.476. The van der Waals surface area contributed by atoms with Gasteiger partial charge in [-0.3, -0.25) is 0 Å². The van der Waals surface area contributed by atoms with Gasteiger partial charge in [0, 0.05) is 12.1 Å². The van der Waals surface area contributed by atoms with Crippen molar-refractivity contribution in [1.29, 1.82) is 0 Å². The van der Waals surface area contributed by atoms with Crippen molar-refractivity contribution >= 4 is 61.8 Å². The highest BCUT2D eigenvalue weighted by Gasteiger charge is 2.20. The van der Waals surface area contributed by atoms with E-state index in [0.717, 1.165) is 28.8 Å². The van der Waals surface area contributed by atoms with Gasteiger partial charge >= 0.3 is 0 Å². The van der Waals surface area contributed by atoms with Gasteiger partial charge in [-0.15, -0.1) is 0 Å². The number of hydrogen-bond acceptors (Lipinski definition) is 8. The van der Waals surface area contributed by atoms with Crippen LogP contribution in [0.3, 0.4) is 0 Å². The Kier molecular flexibility index (Phi) is 2.13. The summed E-state index contributed by atoms with van der Waals surface area (Å²) in [7, 11) is 0. The molecule has 0 atom stereocenters. The Bertz CT molecular complexity index is 1610. The normalized spacial score (nSPS) is 13.6. The van der Waals surface area contributed by atoms with Gasteiger partial charge in [0.1, 0.15) is 34.7 Å². The standard InChI is InChI=1S/C17H8N10/c1-2-6-7(3-1)23-9-8(22-6)10-12(26-16-14(24-10)18-4-20-16)13-11(9)25-15-17(27-13)21-5-19-15/h1-2,4-5,22-23H,3H2. The van der Waals surface area contributed by atoms with Crippen molar-refractivity contribution < 1.29 is 0 Å². The fraction of sp³-hybridized carbons (Fsp3) is 0.0588. The number of imidazole rings is 2. The average molecular weight is 352 g/mol. The van der Waals surface area contributed by atoms with E-state index in [2.05, 4.69) is 45.9 Å². The first-order valence-electron chi connectivity index (χ1n) is 8.35. The van der Waals surface area contributed by atoms with Crippen molar-refractivity contribution in [3.8, 4) is 0 Å². The molecule has 1 aliphatic carbocycles. The van der Waals surface area contributed by atoms with Gasteiger partial charge < -0.3 is 9.97 Å². The van der Waals surface area contributed by atoms with E-state index in [1.165, 1.54) is 12.7 Å². The summed E-state index contributed by atoms with van der Waals surface area (Å²) in [5.74, 6) is 0. The number of benzene rings is 1. The minimum absolute atomic E-state index is 0.476. The smallest absolute Gasteiger partial charge is 0.200 e. The lowest BCUT2D eigenvalue weighted by atomic mass is 10.1. The van der Waals surface area contributed by atoms with Crippen LogP contribution in [0.5, 0.6) is 0 Å². The first kappa shape index (κ1) is 13.2. The van der Waals surface area contributed by atoms with Crippen LogP contribution in [-0.2, 0) is 6.42 Å². The van der Waals surface area contributed by atoms with Crippen molar-refractivity contribution in [2.75, 3.05) is 0 Å². The maximum atomic E-state index is 4.70. The number of nitrogens with one attached hydrogen (secondary N) is 2. The number of aromatic amines is 2. The minimum Gasteiger partial charge on any atom is -0.353 e. The van der Waals surface area contributed by atoms with Crippen LogP contribution in [0.4, 0.5) is 0 Å². The number of fused-ring (bicyclic) bond motifs is 9. The monoisotopic (exact) mass is 352 g/mol. The first-order chi connectivity index (χ1) is 13.3. The number of nitrogens with zero attached hydrogens (tertiary/aromatic N) is 8. The molecule has 1 aliphatic rings. The molecule has 0 bridgehead atoms. The SMILES string of the molecule is C1=Cc2[nH]c3c4nc5ncnc5nc4c4nc5ncnc5nc4c3[nH]c2C1. The van der Waals surface area contributed by atoms with Gasteiger partial charge in [0.2, 0.25) is 0 Å². The van der Waals surface area contributed by atoms with Gasteiger partial charge in [-0.2, -0.15) is 0 Å². The predicted octanol–water partition coefficient (Wildman–Crippen LogP) is 1.84. The topological polar surface area (TPSA) is 135 Å². The van der Waals surface area contributed by atoms with Crippen LogP contribution < -0.4 is 0 Å². The highest BCUT2D eigenvalue weighted by atomic mass is 15.1. The van der Waals surface area contributed by atoms with E-state index < -0.39 is 0 Å². The summed E-state index contributed by atoms with van der Waals surface area (Å²) in [6, 6.07) is 0. The molecule has 0 unspecified atom stereocenters. The third-order valence-electron chi connectivity index (χ3n) is 4.85. The second-order valence-corrected chi connectivity index (χ2v) is 6.38. The highest BCUT2D eigenvalue weighted by Crippen LogP contribution is 2.32. The van der Waals surface area contributed by atoms with Crippen LogP contribution in [0.2, 0.25) is 0 Å². The molecule has 7 rings (SSSR count). The van der Waals surface area contributed by atoms with Crippen LogP contribution in [0.15, 0.2) is 18.7 Å². The van der Waals surface area contributed by atoms with Gasteiger partial charge in [-0.1, -0.05) is 6.08 Å². The molecule has 0 aliphatic heterocycles. The Hall–Kier alpha value is -4.08. The van der Waals surface area contributed by atoms with Gasteiger partial charge in [0.25, 0.3) is 0 Å². The van der Waals surface area contributed by atoms with E-state index >= 15 is 0 Å². The molecule has 10 nitrogen and oxygen atoms in total. The number of H-pyrrole nitrogens is 2. The quantitative estimate of drug-likeness (QED) is 0.395. The van der Waals surface area contributed by atoms with E-state index in [9.17, 15) is 0 Å². The predicted molar refractivity (Wildman–Crippen MR) is 97.8 cm³/mol. The zero-order chi connectivity index (χ0) is 17.5. The average Bonchev–Trinajstić information content (AvgIpc) is 3.43. The van der Waals surface area contributed by atoms with Crippen LogP contribution in [-0.4, -0.2) is 49.8 Å². The lowest BCUT2D eigenvalue weighted by Crippen LogP contribution is -2.01. The molecular weight excluding hydrogens is 344 g/mol. The van der Waals surface area contributed by atoms with Crippen molar-refractivity contribution in [3.05, 3.63) is 30.1 Å². The second kappa shape index (κ2) is 4.36. The fourth-order valence-electron chi connectivity index (χ4n) is 3.64. The van der Waals surface area contributed by atoms with Crippen molar-refractivity contribution in [2.45, 2.75) is 6.42 Å². The Morgan fingerprint density at radius 1 is 0.630 bits per heavy atom. The molecule has 0 fully saturated rings. The Morgan fingerprint density at radius 2 is 1.15 bits per heavy atom. The zero-order valence-electron chi connectivity index (χ0n) is 13.6. The molecule has 5 heterocycles. The number of allylic oxidation sites excluding steroid dienone is 1. The molecule has 0 saturated carbocycles. The molecule has 0 radical (unpaired) electrons. The third kappa shape index (κ3) is 1.59. The molecule has 1 aromatic carbocycles. The second-order valence-electron chi connectivity index (χ2n) is 6.38. The summed E-state index contributed by atoms with van der Waals surface area (Å²) >= 11 is 0. The highest BCUT2D eigenvalue weighted by molar-refractivity contribution is 6.19. The molecule has 0 spiro atoms. The first-order valence-corrected chi connectivity index (χ1v) is 8.35. The molecular formula is C17H8N10. The lowest BCUT2D eigenvalue weighted by Gasteiger charge is -2.10. The maximum Gasteiger partial charge on any atom is 0.200 e. The molecule has 0 amide bonds. The summed E-state index contributed by atoms with van der Waals surface area (Å²) in [5.41, 5.74) is 8.21. The summed E-state index contributed by atoms with van der Waals surface area (Å²) in [5, 5.41) is 0. The largest absolute Gasteiger partial charge is 0.353 e. The molecule has 5 aromatic heterocycles. The Labute approximate surface area is 148 Å². The van der Waals surface area contributed by atoms with Crippen LogP contribution in [0.25, 0.3) is 61.8 Å². The van der Waals surface area contributed by atoms with Gasteiger partial charge in [-0.25, -0.2) is 39.9 Å². The van der Waals surface area contributed by atoms with E-state index in [0.29, 0.717) is 44.7 Å². The number of rotatable bonds is 0. The maximum absolute atomic E-state index is 4.70. The molecule has 10 heteroatoms. The van der Waals surface area contributed by atoms with E-state index in [1.54, 1.807) is 0 Å². The van der Waals surface area contributed by atoms with Crippen LogP contribution in [0, 0.1) is 0 Å². The summed E-state index contributed by atoms with van der Waals surface area (Å²) < 4.78 is 0. The summed E-state index contributed by atoms with van der Waals surface area (Å²) in [6.07, 6.45) is 7.88. The van der Waals surface area contributed by atoms with E-state index in [4.69, 9.17) is 9.97 Å². The van der Waals surface area contributed by atoms with Gasteiger partial charge in [0.15, 0.2) is 22.6 Å². The number of aromatic nitrogens is 10. The van der Waals surface area contributed by atoms with Crippen molar-refractivity contribution in [2.24, 2.45) is 0 Å². The van der Waals surface area contributed by atoms with Crippen molar-refractivity contribution in [3.63, 3.8) is 0 Å². The van der Waals surface area contributed by atoms with Crippen LogP contribution in [0.1, 0.15) is 11.4 Å². The van der Waals surface area contributed by atoms with Crippen molar-refractivity contribution in [1.82, 2.24) is 49.8 Å². The third-order valence-corrected chi connectivity index (χ3v) is 4.85. The molecule has 27 heavy (non-hydrogen) atoms. The summed E-state index contributed by atoms with van der Waals surface area (Å²) in [4.78, 5) is 42.4. The fourth-order valence-corrected chi connectivity index (χ4v) is 3.64. The van der Waals surface area contributed by atoms with E-state index in [1.807, 2.05) is 6.08 Å².